The van der Waals surface area contributed by atoms with Gasteiger partial charge in [0.05, 0.1) is 11.4 Å². The van der Waals surface area contributed by atoms with Crippen LogP contribution in [0.25, 0.3) is 0 Å². The van der Waals surface area contributed by atoms with Gasteiger partial charge >= 0.3 is 18.0 Å². The number of aryl methyl sites for hydroxylation is 1. The molecule has 0 saturated carbocycles. The predicted molar refractivity (Wildman–Crippen MR) is 131 cm³/mol. The van der Waals surface area contributed by atoms with Crippen LogP contribution in [0.15, 0.2) is 60.7 Å². The van der Waals surface area contributed by atoms with Gasteiger partial charge in [-0.05, 0) is 43.7 Å². The topological polar surface area (TPSA) is 113 Å². The van der Waals surface area contributed by atoms with Crippen LogP contribution in [-0.4, -0.2) is 77.8 Å². The Morgan fingerprint density at radius 3 is 2.06 bits per heavy atom. The number of aliphatic carboxylic acids is 2. The van der Waals surface area contributed by atoms with Crippen molar-refractivity contribution in [3.8, 4) is 0 Å². The highest BCUT2D eigenvalue weighted by molar-refractivity contribution is 5.94. The maximum absolute atomic E-state index is 12.7. The van der Waals surface area contributed by atoms with Gasteiger partial charge in [-0.25, -0.2) is 14.4 Å². The van der Waals surface area contributed by atoms with Gasteiger partial charge in [-0.1, -0.05) is 30.3 Å². The number of nitrogens with one attached hydrogen (secondary N) is 1. The average Bonchev–Trinajstić information content (AvgIpc) is 2.83. The van der Waals surface area contributed by atoms with Crippen LogP contribution in [-0.2, 0) is 16.0 Å². The van der Waals surface area contributed by atoms with Crippen LogP contribution in [0.1, 0.15) is 12.0 Å². The Morgan fingerprint density at radius 1 is 0.824 bits per heavy atom. The maximum atomic E-state index is 12.7. The third kappa shape index (κ3) is 6.82. The number of benzene rings is 2. The summed E-state index contributed by atoms with van der Waals surface area (Å²) < 4.78 is 0. The minimum absolute atomic E-state index is 0.00385. The highest BCUT2D eigenvalue weighted by atomic mass is 16.4. The number of amides is 2. The second-order valence-electron chi connectivity index (χ2n) is 8.13. The summed E-state index contributed by atoms with van der Waals surface area (Å²) in [6.45, 7) is 4.37. The molecule has 2 aromatic carbocycles. The Balaban J connectivity index is 0.000000350. The van der Waals surface area contributed by atoms with Crippen molar-refractivity contribution in [3.63, 3.8) is 0 Å². The smallest absolute Gasteiger partial charge is 0.328 e. The van der Waals surface area contributed by atoms with E-state index in [0.29, 0.717) is 12.2 Å². The molecule has 2 aliphatic heterocycles. The van der Waals surface area contributed by atoms with Crippen molar-refractivity contribution < 1.29 is 24.6 Å². The fraction of sp³-hybridized carbons (Fsp3) is 0.320. The molecule has 0 unspecified atom stereocenters. The molecule has 9 heteroatoms. The van der Waals surface area contributed by atoms with Gasteiger partial charge in [-0.3, -0.25) is 0 Å². The molecule has 34 heavy (non-hydrogen) atoms. The first kappa shape index (κ1) is 24.8. The van der Waals surface area contributed by atoms with Gasteiger partial charge in [0, 0.05) is 50.6 Å². The summed E-state index contributed by atoms with van der Waals surface area (Å²) in [4.78, 5) is 38.3. The highest BCUT2D eigenvalue weighted by Crippen LogP contribution is 2.37. The van der Waals surface area contributed by atoms with E-state index < -0.39 is 11.9 Å². The van der Waals surface area contributed by atoms with Crippen molar-refractivity contribution in [2.45, 2.75) is 12.8 Å². The number of anilines is 3. The number of hydrogen-bond acceptors (Lipinski definition) is 5. The van der Waals surface area contributed by atoms with Crippen LogP contribution >= 0.6 is 0 Å². The van der Waals surface area contributed by atoms with Crippen LogP contribution in [0.4, 0.5) is 21.9 Å². The molecule has 4 rings (SSSR count). The zero-order valence-electron chi connectivity index (χ0n) is 19.2. The summed E-state index contributed by atoms with van der Waals surface area (Å²) in [5.74, 6) is -2.51. The third-order valence-corrected chi connectivity index (χ3v) is 5.71. The van der Waals surface area contributed by atoms with Crippen LogP contribution in [0.3, 0.4) is 0 Å². The Morgan fingerprint density at radius 2 is 1.41 bits per heavy atom. The number of fused-ring (bicyclic) bond motifs is 1. The Kier molecular flexibility index (Phi) is 8.64. The number of likely N-dealkylation sites (N-methyl/N-ethyl adjacent to an activating group) is 1. The fourth-order valence-corrected chi connectivity index (χ4v) is 3.94. The van der Waals surface area contributed by atoms with E-state index in [0.717, 1.165) is 56.9 Å². The molecule has 0 atom stereocenters. The number of carboxylic acids is 2. The zero-order chi connectivity index (χ0) is 24.5. The summed E-state index contributed by atoms with van der Waals surface area (Å²) >= 11 is 0. The van der Waals surface area contributed by atoms with E-state index in [9.17, 15) is 14.4 Å². The van der Waals surface area contributed by atoms with Crippen molar-refractivity contribution in [1.82, 2.24) is 9.80 Å². The molecule has 0 aromatic heterocycles. The lowest BCUT2D eigenvalue weighted by atomic mass is 10.0. The molecular weight excluding hydrogens is 436 g/mol. The maximum Gasteiger partial charge on any atom is 0.328 e. The lowest BCUT2D eigenvalue weighted by Gasteiger charge is -2.34. The summed E-state index contributed by atoms with van der Waals surface area (Å²) in [6.07, 6.45) is 3.35. The molecule has 0 radical (unpaired) electrons. The number of rotatable bonds is 4. The number of para-hydroxylation sites is 3. The van der Waals surface area contributed by atoms with Gasteiger partial charge < -0.3 is 30.2 Å². The Labute approximate surface area is 198 Å². The van der Waals surface area contributed by atoms with E-state index in [2.05, 4.69) is 52.5 Å². The average molecular weight is 467 g/mol. The van der Waals surface area contributed by atoms with Gasteiger partial charge in [0.2, 0.25) is 0 Å². The molecule has 3 N–H and O–H groups in total. The van der Waals surface area contributed by atoms with E-state index in [1.807, 2.05) is 23.1 Å². The lowest BCUT2D eigenvalue weighted by molar-refractivity contribution is -0.134. The first-order chi connectivity index (χ1) is 16.3. The predicted octanol–water partition coefficient (Wildman–Crippen LogP) is 3.26. The number of carbonyl (C=O) groups excluding carboxylic acids is 1. The van der Waals surface area contributed by atoms with Gasteiger partial charge in [0.25, 0.3) is 0 Å². The monoisotopic (exact) mass is 466 g/mol. The van der Waals surface area contributed by atoms with Crippen molar-refractivity contribution >= 4 is 35.0 Å². The van der Waals surface area contributed by atoms with Crippen molar-refractivity contribution in [1.29, 1.82) is 0 Å². The number of carbonyl (C=O) groups is 3. The molecule has 1 saturated heterocycles. The highest BCUT2D eigenvalue weighted by Gasteiger charge is 2.23. The second kappa shape index (κ2) is 11.9. The molecule has 0 spiro atoms. The number of urea groups is 1. The van der Waals surface area contributed by atoms with Gasteiger partial charge in [-0.2, -0.15) is 0 Å². The first-order valence-corrected chi connectivity index (χ1v) is 11.2. The molecule has 2 aromatic rings. The van der Waals surface area contributed by atoms with Crippen molar-refractivity contribution in [2.75, 3.05) is 50.0 Å². The molecule has 1 fully saturated rings. The third-order valence-electron chi connectivity index (χ3n) is 5.71. The molecule has 0 bridgehead atoms. The number of nitrogens with zero attached hydrogens (tertiary/aromatic N) is 3. The van der Waals surface area contributed by atoms with E-state index >= 15 is 0 Å². The molecule has 2 aliphatic rings. The summed E-state index contributed by atoms with van der Waals surface area (Å²) in [6, 6.07) is 16.7. The summed E-state index contributed by atoms with van der Waals surface area (Å²) in [7, 11) is 2.10. The van der Waals surface area contributed by atoms with Crippen molar-refractivity contribution in [3.05, 3.63) is 66.2 Å². The normalized spacial score (nSPS) is 15.8. The van der Waals surface area contributed by atoms with Crippen molar-refractivity contribution in [2.24, 2.45) is 0 Å². The van der Waals surface area contributed by atoms with Gasteiger partial charge in [-0.15, -0.1) is 0 Å². The van der Waals surface area contributed by atoms with Crippen LogP contribution in [0.5, 0.6) is 0 Å². The quantitative estimate of drug-likeness (QED) is 0.593. The summed E-state index contributed by atoms with van der Waals surface area (Å²) in [5, 5.41) is 18.8. The minimum Gasteiger partial charge on any atom is -0.478 e. The Bertz CT molecular complexity index is 1030. The first-order valence-electron chi connectivity index (χ1n) is 11.2. The van der Waals surface area contributed by atoms with E-state index in [1.165, 1.54) is 11.3 Å². The molecule has 2 heterocycles. The van der Waals surface area contributed by atoms with Gasteiger partial charge in [0.1, 0.15) is 0 Å². The minimum atomic E-state index is -1.26. The molecule has 180 valence electrons. The molecular formula is C25H30N4O5. The SMILES string of the molecule is CN1CCN(C(=O)Nc2ccccc2N2CCCc3ccccc32)CC1.O=C(O)C=CC(=O)O. The van der Waals surface area contributed by atoms with Crippen LogP contribution in [0, 0.1) is 0 Å². The lowest BCUT2D eigenvalue weighted by Crippen LogP contribution is -2.48. The zero-order valence-corrected chi connectivity index (χ0v) is 19.2. The molecule has 9 nitrogen and oxygen atoms in total. The van der Waals surface area contributed by atoms with E-state index in [4.69, 9.17) is 10.2 Å². The van der Waals surface area contributed by atoms with Crippen LogP contribution < -0.4 is 10.2 Å². The standard InChI is InChI=1S/C21H26N4O.C4H4O4/c1-23-13-15-24(16-14-23)21(26)22-18-9-3-5-11-20(18)25-12-6-8-17-7-2-4-10-19(17)25;5-3(6)1-2-4(7)8/h2-5,7,9-11H,6,8,12-16H2,1H3,(H,22,26);1-2H,(H,5,6)(H,7,8). The molecule has 2 amide bonds. The fourth-order valence-electron chi connectivity index (χ4n) is 3.94. The summed E-state index contributed by atoms with van der Waals surface area (Å²) in [5.41, 5.74) is 4.58. The largest absolute Gasteiger partial charge is 0.478 e. The van der Waals surface area contributed by atoms with E-state index in [-0.39, 0.29) is 6.03 Å². The number of hydrogen-bond donors (Lipinski definition) is 3. The van der Waals surface area contributed by atoms with E-state index in [1.54, 1.807) is 0 Å². The second-order valence-corrected chi connectivity index (χ2v) is 8.13. The number of piperazine rings is 1. The molecule has 0 aliphatic carbocycles. The van der Waals surface area contributed by atoms with Crippen LogP contribution in [0.2, 0.25) is 0 Å². The van der Waals surface area contributed by atoms with Gasteiger partial charge in [0.15, 0.2) is 0 Å². The number of carboxylic acid groups (broad SMARTS) is 2. The Hall–Kier alpha value is -3.85.